The Kier molecular flexibility index (Phi) is 2.55. The molecular formula is C12H14O4. The van der Waals surface area contributed by atoms with Gasteiger partial charge in [-0.15, -0.1) is 0 Å². The van der Waals surface area contributed by atoms with Gasteiger partial charge < -0.3 is 18.9 Å². The molecule has 1 aromatic rings. The molecule has 0 unspecified atom stereocenters. The van der Waals surface area contributed by atoms with E-state index in [4.69, 9.17) is 18.9 Å². The second kappa shape index (κ2) is 4.05. The fraction of sp³-hybridized carbons (Fsp3) is 0.500. The van der Waals surface area contributed by atoms with Gasteiger partial charge in [0.1, 0.15) is 12.4 Å². The van der Waals surface area contributed by atoms with Crippen LogP contribution in [-0.2, 0) is 14.2 Å². The van der Waals surface area contributed by atoms with E-state index in [1.165, 1.54) is 0 Å². The Hall–Kier alpha value is -1.10. The molecule has 1 aromatic carbocycles. The van der Waals surface area contributed by atoms with Crippen molar-refractivity contribution in [1.82, 2.24) is 0 Å². The zero-order valence-corrected chi connectivity index (χ0v) is 8.93. The van der Waals surface area contributed by atoms with Crippen molar-refractivity contribution in [2.24, 2.45) is 5.41 Å². The monoisotopic (exact) mass is 222 g/mol. The van der Waals surface area contributed by atoms with E-state index in [0.717, 1.165) is 5.75 Å². The number of fused-ring (bicyclic) bond motifs is 3. The number of para-hydroxylation sites is 1. The van der Waals surface area contributed by atoms with E-state index in [1.807, 2.05) is 30.3 Å². The molecule has 0 aliphatic carbocycles. The lowest BCUT2D eigenvalue weighted by molar-refractivity contribution is -0.397. The molecule has 86 valence electrons. The summed E-state index contributed by atoms with van der Waals surface area (Å²) in [7, 11) is 0. The van der Waals surface area contributed by atoms with Gasteiger partial charge in [0.2, 0.25) is 0 Å². The molecule has 0 amide bonds. The summed E-state index contributed by atoms with van der Waals surface area (Å²) in [5.41, 5.74) is -0.148. The summed E-state index contributed by atoms with van der Waals surface area (Å²) in [6.45, 7) is 2.03. The van der Waals surface area contributed by atoms with Gasteiger partial charge in [-0.1, -0.05) is 18.2 Å². The Balaban J connectivity index is 1.62. The Bertz CT molecular complexity index is 330. The van der Waals surface area contributed by atoms with Crippen LogP contribution in [0.3, 0.4) is 0 Å². The van der Waals surface area contributed by atoms with E-state index in [9.17, 15) is 0 Å². The van der Waals surface area contributed by atoms with Gasteiger partial charge in [0, 0.05) is 0 Å². The van der Waals surface area contributed by atoms with Crippen molar-refractivity contribution < 1.29 is 18.9 Å². The maximum Gasteiger partial charge on any atom is 0.271 e. The van der Waals surface area contributed by atoms with Crippen LogP contribution in [0.5, 0.6) is 5.75 Å². The first-order valence-electron chi connectivity index (χ1n) is 5.39. The zero-order valence-electron chi connectivity index (χ0n) is 8.93. The third-order valence-corrected chi connectivity index (χ3v) is 2.87. The molecule has 4 nitrogen and oxygen atoms in total. The minimum absolute atomic E-state index is 0.148. The van der Waals surface area contributed by atoms with Crippen LogP contribution in [0.2, 0.25) is 0 Å². The predicted octanol–water partition coefficient (Wildman–Crippen LogP) is 1.41. The maximum absolute atomic E-state index is 5.72. The molecule has 0 atom stereocenters. The van der Waals surface area contributed by atoms with Crippen molar-refractivity contribution >= 4 is 0 Å². The maximum atomic E-state index is 5.72. The lowest BCUT2D eigenvalue weighted by Crippen LogP contribution is -2.55. The van der Waals surface area contributed by atoms with Gasteiger partial charge in [0.05, 0.1) is 25.2 Å². The Morgan fingerprint density at radius 3 is 2.31 bits per heavy atom. The van der Waals surface area contributed by atoms with E-state index in [1.54, 1.807) is 0 Å². The fourth-order valence-corrected chi connectivity index (χ4v) is 1.88. The standard InChI is InChI=1S/C12H14O4/c1-2-4-10(5-3-1)13-6-12-7-14-11(15-8-12)16-9-12/h1-5,11H,6-9H2. The van der Waals surface area contributed by atoms with E-state index in [-0.39, 0.29) is 5.41 Å². The van der Waals surface area contributed by atoms with Gasteiger partial charge in [-0.2, -0.15) is 0 Å². The van der Waals surface area contributed by atoms with Gasteiger partial charge in [-0.05, 0) is 12.1 Å². The quantitative estimate of drug-likeness (QED) is 0.775. The first-order valence-corrected chi connectivity index (χ1v) is 5.39. The van der Waals surface area contributed by atoms with Gasteiger partial charge in [0.25, 0.3) is 6.48 Å². The number of benzene rings is 1. The third kappa shape index (κ3) is 1.91. The lowest BCUT2D eigenvalue weighted by Gasteiger charge is -2.44. The predicted molar refractivity (Wildman–Crippen MR) is 56.0 cm³/mol. The molecule has 0 spiro atoms. The third-order valence-electron chi connectivity index (χ3n) is 2.87. The highest BCUT2D eigenvalue weighted by Crippen LogP contribution is 2.32. The molecule has 0 saturated carbocycles. The molecule has 4 heteroatoms. The minimum atomic E-state index is -0.460. The molecular weight excluding hydrogens is 208 g/mol. The van der Waals surface area contributed by atoms with Crippen LogP contribution in [0.25, 0.3) is 0 Å². The van der Waals surface area contributed by atoms with Crippen molar-refractivity contribution in [3.8, 4) is 5.75 Å². The molecule has 16 heavy (non-hydrogen) atoms. The molecule has 2 bridgehead atoms. The number of hydrogen-bond acceptors (Lipinski definition) is 4. The minimum Gasteiger partial charge on any atom is -0.493 e. The smallest absolute Gasteiger partial charge is 0.271 e. The van der Waals surface area contributed by atoms with Crippen molar-refractivity contribution in [2.75, 3.05) is 26.4 Å². The highest BCUT2D eigenvalue weighted by Gasteiger charge is 2.44. The van der Waals surface area contributed by atoms with Gasteiger partial charge in [-0.3, -0.25) is 0 Å². The van der Waals surface area contributed by atoms with Crippen LogP contribution in [0.15, 0.2) is 30.3 Å². The van der Waals surface area contributed by atoms with Crippen molar-refractivity contribution in [2.45, 2.75) is 6.48 Å². The van der Waals surface area contributed by atoms with Crippen molar-refractivity contribution in [1.29, 1.82) is 0 Å². The van der Waals surface area contributed by atoms with E-state index < -0.39 is 6.48 Å². The summed E-state index contributed by atoms with van der Waals surface area (Å²) in [6.07, 6.45) is 0. The summed E-state index contributed by atoms with van der Waals surface area (Å²) in [5.74, 6) is 0.865. The highest BCUT2D eigenvalue weighted by molar-refractivity contribution is 5.21. The van der Waals surface area contributed by atoms with Crippen LogP contribution >= 0.6 is 0 Å². The Morgan fingerprint density at radius 1 is 1.06 bits per heavy atom. The summed E-state index contributed by atoms with van der Waals surface area (Å²) in [4.78, 5) is 0. The van der Waals surface area contributed by atoms with Crippen LogP contribution in [0.4, 0.5) is 0 Å². The summed E-state index contributed by atoms with van der Waals surface area (Å²) in [5, 5.41) is 0. The van der Waals surface area contributed by atoms with Gasteiger partial charge >= 0.3 is 0 Å². The van der Waals surface area contributed by atoms with Gasteiger partial charge in [-0.25, -0.2) is 0 Å². The average molecular weight is 222 g/mol. The second-order valence-electron chi connectivity index (χ2n) is 4.32. The molecule has 3 fully saturated rings. The molecule has 0 N–H and O–H groups in total. The average Bonchev–Trinajstić information content (AvgIpc) is 2.40. The molecule has 3 saturated heterocycles. The van der Waals surface area contributed by atoms with E-state index >= 15 is 0 Å². The van der Waals surface area contributed by atoms with E-state index in [0.29, 0.717) is 26.4 Å². The number of hydrogen-bond donors (Lipinski definition) is 0. The molecule has 0 radical (unpaired) electrons. The normalized spacial score (nSPS) is 32.6. The second-order valence-corrected chi connectivity index (χ2v) is 4.32. The topological polar surface area (TPSA) is 36.9 Å². The van der Waals surface area contributed by atoms with Crippen molar-refractivity contribution in [3.05, 3.63) is 30.3 Å². The number of ether oxygens (including phenoxy) is 4. The molecule has 3 aliphatic rings. The van der Waals surface area contributed by atoms with Crippen LogP contribution in [0.1, 0.15) is 0 Å². The summed E-state index contributed by atoms with van der Waals surface area (Å²) in [6, 6.07) is 9.75. The highest BCUT2D eigenvalue weighted by atomic mass is 16.9. The number of rotatable bonds is 3. The van der Waals surface area contributed by atoms with Crippen LogP contribution < -0.4 is 4.74 Å². The van der Waals surface area contributed by atoms with Crippen LogP contribution in [0, 0.1) is 5.41 Å². The Morgan fingerprint density at radius 2 is 1.69 bits per heavy atom. The van der Waals surface area contributed by atoms with Crippen LogP contribution in [-0.4, -0.2) is 32.9 Å². The molecule has 4 rings (SSSR count). The van der Waals surface area contributed by atoms with Crippen molar-refractivity contribution in [3.63, 3.8) is 0 Å². The molecule has 3 aliphatic heterocycles. The largest absolute Gasteiger partial charge is 0.493 e. The summed E-state index contributed by atoms with van der Waals surface area (Å²) >= 11 is 0. The fourth-order valence-electron chi connectivity index (χ4n) is 1.88. The SMILES string of the molecule is c1ccc(OCC23COC(OC2)OC3)cc1. The summed E-state index contributed by atoms with van der Waals surface area (Å²) < 4.78 is 21.8. The first kappa shape index (κ1) is 10.1. The van der Waals surface area contributed by atoms with E-state index in [2.05, 4.69) is 0 Å². The first-order chi connectivity index (χ1) is 7.86. The Labute approximate surface area is 94.1 Å². The lowest BCUT2D eigenvalue weighted by atomic mass is 9.91. The molecule has 3 heterocycles. The molecule has 0 aromatic heterocycles. The zero-order chi connectivity index (χ0) is 10.8. The van der Waals surface area contributed by atoms with Gasteiger partial charge in [0.15, 0.2) is 0 Å².